The van der Waals surface area contributed by atoms with Crippen LogP contribution in [0, 0.1) is 6.92 Å². The van der Waals surface area contributed by atoms with Gasteiger partial charge in [0, 0.05) is 6.42 Å². The summed E-state index contributed by atoms with van der Waals surface area (Å²) in [5, 5.41) is 0. The van der Waals surface area contributed by atoms with Crippen molar-refractivity contribution in [3.63, 3.8) is 0 Å². The molecule has 0 aliphatic carbocycles. The minimum atomic E-state index is 0.822. The van der Waals surface area contributed by atoms with Crippen molar-refractivity contribution in [2.45, 2.75) is 48.0 Å². The van der Waals surface area contributed by atoms with E-state index in [0.29, 0.717) is 0 Å². The molecule has 0 bridgehead atoms. The molecular weight excluding hydrogens is 150 g/mol. The lowest BCUT2D eigenvalue weighted by molar-refractivity contribution is 0.477. The van der Waals surface area contributed by atoms with Gasteiger partial charge in [-0.3, -0.25) is 0 Å². The van der Waals surface area contributed by atoms with E-state index in [0.717, 1.165) is 18.1 Å². The van der Waals surface area contributed by atoms with E-state index in [-0.39, 0.29) is 0 Å². The molecule has 0 saturated heterocycles. The summed E-state index contributed by atoms with van der Waals surface area (Å²) in [5.41, 5.74) is 0. The molecule has 0 aromatic carbocycles. The Morgan fingerprint density at radius 3 is 1.92 bits per heavy atom. The van der Waals surface area contributed by atoms with E-state index in [2.05, 4.69) is 4.98 Å². The zero-order valence-electron chi connectivity index (χ0n) is 9.14. The second kappa shape index (κ2) is 10.2. The Hall–Kier alpha value is -0.790. The van der Waals surface area contributed by atoms with Crippen LogP contribution >= 0.6 is 0 Å². The summed E-state index contributed by atoms with van der Waals surface area (Å²) in [6.45, 7) is 11.9. The van der Waals surface area contributed by atoms with Crippen LogP contribution in [0.2, 0.25) is 0 Å². The molecule has 0 saturated carbocycles. The molecule has 1 heterocycles. The Morgan fingerprint density at radius 2 is 1.75 bits per heavy atom. The van der Waals surface area contributed by atoms with E-state index in [1.54, 1.807) is 6.20 Å². The summed E-state index contributed by atoms with van der Waals surface area (Å²) in [6, 6.07) is 0. The van der Waals surface area contributed by atoms with Crippen molar-refractivity contribution in [3.8, 4) is 0 Å². The van der Waals surface area contributed by atoms with E-state index >= 15 is 0 Å². The summed E-state index contributed by atoms with van der Waals surface area (Å²) < 4.78 is 5.12. The number of nitrogens with zero attached hydrogens (tertiary/aromatic N) is 1. The van der Waals surface area contributed by atoms with Crippen LogP contribution < -0.4 is 0 Å². The van der Waals surface area contributed by atoms with Crippen LogP contribution in [0.4, 0.5) is 0 Å². The Bertz CT molecular complexity index is 170. The van der Waals surface area contributed by atoms with E-state index in [1.807, 2.05) is 41.5 Å². The highest BCUT2D eigenvalue weighted by atomic mass is 16.3. The minimum absolute atomic E-state index is 0.822. The van der Waals surface area contributed by atoms with Crippen LogP contribution in [0.25, 0.3) is 0 Å². The van der Waals surface area contributed by atoms with Gasteiger partial charge in [0.2, 0.25) is 0 Å². The standard InChI is InChI=1S/C6H9NO.2C2H6/c1-3-6-7-4-5(2)8-6;2*1-2/h4H,3H2,1-2H3;2*1-2H3. The summed E-state index contributed by atoms with van der Waals surface area (Å²) in [6.07, 6.45) is 2.62. The van der Waals surface area contributed by atoms with Crippen molar-refractivity contribution in [3.05, 3.63) is 17.8 Å². The van der Waals surface area contributed by atoms with Gasteiger partial charge in [-0.05, 0) is 6.92 Å². The Balaban J connectivity index is 0. The first kappa shape index (κ1) is 13.8. The molecule has 1 aromatic heterocycles. The SMILES string of the molecule is CC.CC.CCc1ncc(C)o1. The molecule has 0 spiro atoms. The zero-order chi connectivity index (χ0) is 9.98. The molecule has 2 heteroatoms. The highest BCUT2D eigenvalue weighted by Crippen LogP contribution is 2.00. The van der Waals surface area contributed by atoms with Crippen molar-refractivity contribution >= 4 is 0 Å². The lowest BCUT2D eigenvalue weighted by Gasteiger charge is -1.80. The Labute approximate surface area is 76.0 Å². The third kappa shape index (κ3) is 5.96. The average Bonchev–Trinajstić information content (AvgIpc) is 2.58. The summed E-state index contributed by atoms with van der Waals surface area (Å²) in [4.78, 5) is 3.97. The summed E-state index contributed by atoms with van der Waals surface area (Å²) in [7, 11) is 0. The fraction of sp³-hybridized carbons (Fsp3) is 0.700. The number of oxazole rings is 1. The predicted octanol–water partition coefficient (Wildman–Crippen LogP) is 3.60. The molecule has 12 heavy (non-hydrogen) atoms. The van der Waals surface area contributed by atoms with Gasteiger partial charge in [0.1, 0.15) is 5.76 Å². The first-order chi connectivity index (χ1) is 5.83. The van der Waals surface area contributed by atoms with Gasteiger partial charge in [-0.2, -0.15) is 0 Å². The van der Waals surface area contributed by atoms with Gasteiger partial charge >= 0.3 is 0 Å². The number of rotatable bonds is 1. The van der Waals surface area contributed by atoms with E-state index < -0.39 is 0 Å². The molecule has 1 aromatic rings. The number of hydrogen-bond acceptors (Lipinski definition) is 2. The zero-order valence-corrected chi connectivity index (χ0v) is 9.14. The Morgan fingerprint density at radius 1 is 1.25 bits per heavy atom. The van der Waals surface area contributed by atoms with Crippen LogP contribution in [0.5, 0.6) is 0 Å². The molecule has 72 valence electrons. The van der Waals surface area contributed by atoms with Crippen LogP contribution in [0.3, 0.4) is 0 Å². The molecule has 0 atom stereocenters. The van der Waals surface area contributed by atoms with Crippen LogP contribution in [-0.2, 0) is 6.42 Å². The van der Waals surface area contributed by atoms with Crippen LogP contribution in [0.15, 0.2) is 10.6 Å². The largest absolute Gasteiger partial charge is 0.446 e. The topological polar surface area (TPSA) is 26.0 Å². The van der Waals surface area contributed by atoms with Gasteiger partial charge in [-0.15, -0.1) is 0 Å². The molecule has 0 fully saturated rings. The smallest absolute Gasteiger partial charge is 0.194 e. The number of aryl methyl sites for hydroxylation is 2. The molecule has 1 rings (SSSR count). The fourth-order valence-electron chi connectivity index (χ4n) is 0.565. The highest BCUT2D eigenvalue weighted by Gasteiger charge is 1.92. The van der Waals surface area contributed by atoms with Gasteiger partial charge in [0.05, 0.1) is 6.20 Å². The molecule has 0 aliphatic rings. The predicted molar refractivity (Wildman–Crippen MR) is 53.3 cm³/mol. The molecule has 0 aliphatic heterocycles. The first-order valence-corrected chi connectivity index (χ1v) is 4.74. The van der Waals surface area contributed by atoms with Crippen molar-refractivity contribution < 1.29 is 4.42 Å². The van der Waals surface area contributed by atoms with Gasteiger partial charge in [0.15, 0.2) is 5.89 Å². The van der Waals surface area contributed by atoms with E-state index in [9.17, 15) is 0 Å². The highest BCUT2D eigenvalue weighted by molar-refractivity contribution is 4.89. The molecule has 0 unspecified atom stereocenters. The molecule has 2 nitrogen and oxygen atoms in total. The van der Waals surface area contributed by atoms with Crippen molar-refractivity contribution in [2.24, 2.45) is 0 Å². The van der Waals surface area contributed by atoms with E-state index in [4.69, 9.17) is 4.42 Å². The average molecular weight is 171 g/mol. The van der Waals surface area contributed by atoms with Gasteiger partial charge in [-0.25, -0.2) is 4.98 Å². The fourth-order valence-corrected chi connectivity index (χ4v) is 0.565. The Kier molecular flexibility index (Phi) is 11.7. The minimum Gasteiger partial charge on any atom is -0.446 e. The number of hydrogen-bond donors (Lipinski definition) is 0. The lowest BCUT2D eigenvalue weighted by Crippen LogP contribution is -1.73. The van der Waals surface area contributed by atoms with Crippen LogP contribution in [-0.4, -0.2) is 4.98 Å². The maximum atomic E-state index is 5.12. The van der Waals surface area contributed by atoms with Crippen molar-refractivity contribution in [2.75, 3.05) is 0 Å². The van der Waals surface area contributed by atoms with Gasteiger partial charge < -0.3 is 4.42 Å². The van der Waals surface area contributed by atoms with E-state index in [1.165, 1.54) is 0 Å². The van der Waals surface area contributed by atoms with Gasteiger partial charge in [-0.1, -0.05) is 34.6 Å². The second-order valence-electron chi connectivity index (χ2n) is 1.72. The lowest BCUT2D eigenvalue weighted by atomic mass is 10.5. The third-order valence-corrected chi connectivity index (χ3v) is 0.972. The molecule has 0 radical (unpaired) electrons. The van der Waals surface area contributed by atoms with Gasteiger partial charge in [0.25, 0.3) is 0 Å². The second-order valence-corrected chi connectivity index (χ2v) is 1.72. The first-order valence-electron chi connectivity index (χ1n) is 4.74. The van der Waals surface area contributed by atoms with Crippen molar-refractivity contribution in [1.82, 2.24) is 4.98 Å². The van der Waals surface area contributed by atoms with Crippen LogP contribution in [0.1, 0.15) is 46.3 Å². The monoisotopic (exact) mass is 171 g/mol. The quantitative estimate of drug-likeness (QED) is 0.645. The van der Waals surface area contributed by atoms with Crippen molar-refractivity contribution in [1.29, 1.82) is 0 Å². The summed E-state index contributed by atoms with van der Waals surface area (Å²) in [5.74, 6) is 1.71. The molecule has 0 amide bonds. The third-order valence-electron chi connectivity index (χ3n) is 0.972. The maximum Gasteiger partial charge on any atom is 0.194 e. The summed E-state index contributed by atoms with van der Waals surface area (Å²) >= 11 is 0. The number of aromatic nitrogens is 1. The normalized spacial score (nSPS) is 7.50. The molecule has 0 N–H and O–H groups in total. The molecular formula is C10H21NO. The maximum absolute atomic E-state index is 5.12.